The second kappa shape index (κ2) is 9.06. The molecule has 0 aliphatic heterocycles. The Morgan fingerprint density at radius 3 is 2.14 bits per heavy atom. The monoisotopic (exact) mass is 396 g/mol. The Morgan fingerprint density at radius 2 is 1.64 bits per heavy atom. The molecule has 2 heterocycles. The standard InChI is InChI=1S/C17H18NO10/c1-25-11-8-18-10(14(26-2)12(11)15(21)22)7-9(16(23)27-5-3-19)13(18)17(24)28-6-4-20/h8,19-20H,3-6H2,1-2H3,(H,21,22). The predicted octanol–water partition coefficient (Wildman–Crippen LogP) is -0.247. The molecule has 11 heteroatoms. The van der Waals surface area contributed by atoms with Gasteiger partial charge >= 0.3 is 17.9 Å². The molecule has 3 N–H and O–H groups in total. The Balaban J connectivity index is 2.81. The first-order valence-corrected chi connectivity index (χ1v) is 7.92. The van der Waals surface area contributed by atoms with Gasteiger partial charge in [0, 0.05) is 6.07 Å². The molecule has 0 amide bonds. The van der Waals surface area contributed by atoms with E-state index in [9.17, 15) is 19.5 Å². The van der Waals surface area contributed by atoms with Gasteiger partial charge in [-0.15, -0.1) is 0 Å². The second-order valence-electron chi connectivity index (χ2n) is 5.20. The number of carboxylic acids is 1. The minimum absolute atomic E-state index is 0.0485. The van der Waals surface area contributed by atoms with Gasteiger partial charge in [0.1, 0.15) is 30.0 Å². The third kappa shape index (κ3) is 3.85. The molecule has 0 saturated carbocycles. The van der Waals surface area contributed by atoms with E-state index in [0.29, 0.717) is 0 Å². The molecule has 0 bridgehead atoms. The molecule has 151 valence electrons. The fourth-order valence-electron chi connectivity index (χ4n) is 2.50. The van der Waals surface area contributed by atoms with Crippen molar-refractivity contribution in [1.82, 2.24) is 4.40 Å². The van der Waals surface area contributed by atoms with Gasteiger partial charge in [-0.2, -0.15) is 0 Å². The topological polar surface area (TPSA) is 153 Å². The number of carboxylic acid groups (broad SMARTS) is 1. The molecule has 28 heavy (non-hydrogen) atoms. The number of carbonyl (C=O) groups excluding carboxylic acids is 2. The van der Waals surface area contributed by atoms with Crippen LogP contribution in [0.15, 0.2) is 6.20 Å². The van der Waals surface area contributed by atoms with Crippen molar-refractivity contribution in [2.24, 2.45) is 0 Å². The minimum Gasteiger partial charge on any atom is -0.494 e. The summed E-state index contributed by atoms with van der Waals surface area (Å²) in [6.07, 6.45) is 1.16. The molecule has 2 aromatic heterocycles. The number of hydrogen-bond acceptors (Lipinski definition) is 9. The number of esters is 2. The van der Waals surface area contributed by atoms with Crippen molar-refractivity contribution >= 4 is 23.4 Å². The fraction of sp³-hybridized carbons (Fsp3) is 0.353. The van der Waals surface area contributed by atoms with Gasteiger partial charge in [-0.3, -0.25) is 0 Å². The average Bonchev–Trinajstić information content (AvgIpc) is 3.07. The van der Waals surface area contributed by atoms with E-state index in [1.165, 1.54) is 14.2 Å². The number of hydrogen-bond donors (Lipinski definition) is 3. The van der Waals surface area contributed by atoms with Crippen LogP contribution in [0.4, 0.5) is 0 Å². The van der Waals surface area contributed by atoms with Crippen molar-refractivity contribution in [3.05, 3.63) is 29.1 Å². The summed E-state index contributed by atoms with van der Waals surface area (Å²) in [4.78, 5) is 36.4. The largest absolute Gasteiger partial charge is 0.494 e. The smallest absolute Gasteiger partial charge is 0.356 e. The van der Waals surface area contributed by atoms with Crippen LogP contribution in [0.25, 0.3) is 5.52 Å². The SMILES string of the molecule is COc1cn2c(C(=O)OCCO)c(C(=O)OCCO)[c]c2c(OC)c1C(=O)O. The number of nitrogens with zero attached hydrogens (tertiary/aromatic N) is 1. The number of rotatable bonds is 9. The highest BCUT2D eigenvalue weighted by molar-refractivity contribution is 6.06. The molecule has 2 aromatic rings. The maximum Gasteiger partial charge on any atom is 0.356 e. The van der Waals surface area contributed by atoms with Crippen molar-refractivity contribution in [3.63, 3.8) is 0 Å². The van der Waals surface area contributed by atoms with Gasteiger partial charge in [0.05, 0.1) is 39.1 Å². The molecule has 1 radical (unpaired) electrons. The lowest BCUT2D eigenvalue weighted by Crippen LogP contribution is -2.17. The molecule has 0 aliphatic rings. The third-order valence-corrected chi connectivity index (χ3v) is 3.58. The van der Waals surface area contributed by atoms with Gasteiger partial charge in [-0.25, -0.2) is 14.4 Å². The number of methoxy groups -OCH3 is 2. The molecule has 0 fully saturated rings. The second-order valence-corrected chi connectivity index (χ2v) is 5.20. The Kier molecular flexibility index (Phi) is 6.79. The summed E-state index contributed by atoms with van der Waals surface area (Å²) < 4.78 is 21.1. The maximum atomic E-state index is 12.5. The van der Waals surface area contributed by atoms with Gasteiger partial charge < -0.3 is 38.7 Å². The van der Waals surface area contributed by atoms with E-state index in [1.54, 1.807) is 0 Å². The van der Waals surface area contributed by atoms with Crippen molar-refractivity contribution in [1.29, 1.82) is 0 Å². The molecule has 0 aliphatic carbocycles. The number of carbonyl (C=O) groups is 3. The van der Waals surface area contributed by atoms with E-state index < -0.39 is 31.1 Å². The van der Waals surface area contributed by atoms with Crippen LogP contribution in [-0.2, 0) is 9.47 Å². The van der Waals surface area contributed by atoms with Gasteiger partial charge in [0.15, 0.2) is 11.5 Å². The molecular formula is C17H18NO10. The van der Waals surface area contributed by atoms with Crippen molar-refractivity contribution in [2.75, 3.05) is 40.6 Å². The van der Waals surface area contributed by atoms with Crippen LogP contribution in [0.3, 0.4) is 0 Å². The van der Waals surface area contributed by atoms with Gasteiger partial charge in [-0.1, -0.05) is 0 Å². The number of aromatic nitrogens is 1. The number of pyridine rings is 1. The molecular weight excluding hydrogens is 378 g/mol. The molecule has 0 saturated heterocycles. The number of aliphatic hydroxyl groups is 2. The highest BCUT2D eigenvalue weighted by Gasteiger charge is 2.30. The summed E-state index contributed by atoms with van der Waals surface area (Å²) in [5.41, 5.74) is -1.08. The quantitative estimate of drug-likeness (QED) is 0.484. The third-order valence-electron chi connectivity index (χ3n) is 3.58. The van der Waals surface area contributed by atoms with E-state index in [4.69, 9.17) is 29.2 Å². The molecule has 0 spiro atoms. The zero-order valence-electron chi connectivity index (χ0n) is 15.1. The van der Waals surface area contributed by atoms with Crippen LogP contribution in [-0.4, -0.2) is 78.3 Å². The van der Waals surface area contributed by atoms with Crippen molar-refractivity contribution in [2.45, 2.75) is 0 Å². The van der Waals surface area contributed by atoms with E-state index >= 15 is 0 Å². The Labute approximate surface area is 158 Å². The van der Waals surface area contributed by atoms with Crippen LogP contribution >= 0.6 is 0 Å². The first-order valence-electron chi connectivity index (χ1n) is 7.92. The van der Waals surface area contributed by atoms with Crippen LogP contribution in [0.1, 0.15) is 31.2 Å². The Bertz CT molecular complexity index is 901. The van der Waals surface area contributed by atoms with Crippen LogP contribution in [0.2, 0.25) is 0 Å². The summed E-state index contributed by atoms with van der Waals surface area (Å²) in [7, 11) is 2.43. The molecule has 0 unspecified atom stereocenters. The van der Waals surface area contributed by atoms with Crippen molar-refractivity contribution < 1.29 is 48.7 Å². The average molecular weight is 396 g/mol. The normalized spacial score (nSPS) is 10.6. The fourth-order valence-corrected chi connectivity index (χ4v) is 2.50. The lowest BCUT2D eigenvalue weighted by atomic mass is 10.2. The van der Waals surface area contributed by atoms with Gasteiger partial charge in [0.2, 0.25) is 0 Å². The lowest BCUT2D eigenvalue weighted by Gasteiger charge is -2.13. The number of aliphatic hydroxyl groups excluding tert-OH is 2. The molecule has 0 atom stereocenters. The highest BCUT2D eigenvalue weighted by Crippen LogP contribution is 2.35. The number of ether oxygens (including phenoxy) is 4. The lowest BCUT2D eigenvalue weighted by molar-refractivity contribution is 0.0384. The van der Waals surface area contributed by atoms with Crippen LogP contribution < -0.4 is 9.47 Å². The summed E-state index contributed by atoms with van der Waals surface area (Å²) >= 11 is 0. The number of fused-ring (bicyclic) bond motifs is 1. The molecule has 2 rings (SSSR count). The van der Waals surface area contributed by atoms with E-state index in [1.807, 2.05) is 0 Å². The summed E-state index contributed by atoms with van der Waals surface area (Å²) in [6.45, 7) is -1.55. The maximum absolute atomic E-state index is 12.5. The summed E-state index contributed by atoms with van der Waals surface area (Å²) in [5.74, 6) is -3.70. The van der Waals surface area contributed by atoms with Gasteiger partial charge in [-0.05, 0) is 0 Å². The molecule has 0 aromatic carbocycles. The van der Waals surface area contributed by atoms with Crippen molar-refractivity contribution in [3.8, 4) is 11.5 Å². The first kappa shape index (κ1) is 21.0. The first-order chi connectivity index (χ1) is 13.4. The summed E-state index contributed by atoms with van der Waals surface area (Å²) in [5, 5.41) is 27.2. The minimum atomic E-state index is -1.36. The highest BCUT2D eigenvalue weighted by atomic mass is 16.5. The Hall–Kier alpha value is -3.31. The number of aromatic carboxylic acids is 1. The van der Waals surface area contributed by atoms with Crippen LogP contribution in [0, 0.1) is 6.07 Å². The summed E-state index contributed by atoms with van der Waals surface area (Å²) in [6, 6.07) is 2.60. The van der Waals surface area contributed by atoms with E-state index in [0.717, 1.165) is 10.6 Å². The van der Waals surface area contributed by atoms with Crippen LogP contribution in [0.5, 0.6) is 11.5 Å². The van der Waals surface area contributed by atoms with E-state index in [2.05, 4.69) is 6.07 Å². The Morgan fingerprint density at radius 1 is 1.04 bits per heavy atom. The van der Waals surface area contributed by atoms with E-state index in [-0.39, 0.29) is 47.1 Å². The predicted molar refractivity (Wildman–Crippen MR) is 91.0 cm³/mol. The zero-order chi connectivity index (χ0) is 20.8. The molecule has 11 nitrogen and oxygen atoms in total. The van der Waals surface area contributed by atoms with Gasteiger partial charge in [0.25, 0.3) is 0 Å². The zero-order valence-corrected chi connectivity index (χ0v) is 15.1.